The number of Topliss-reactive ketones (excluding diaryl/α,β-unsaturated/α-hetero) is 1. The number of hydrogen-bond donors (Lipinski definition) is 0. The molecule has 3 aromatic rings. The Kier molecular flexibility index (Phi) is 5.85. The van der Waals surface area contributed by atoms with Gasteiger partial charge >= 0.3 is 0 Å². The number of carbonyl (C=O) groups is 2. The molecule has 3 rings (SSSR count). The highest BCUT2D eigenvalue weighted by atomic mass is 32.2. The number of ketones is 1. The van der Waals surface area contributed by atoms with Crippen molar-refractivity contribution < 1.29 is 9.59 Å². The second-order valence-electron chi connectivity index (χ2n) is 7.57. The molecule has 148 valence electrons. The Hall–Kier alpha value is -2.26. The number of amides is 1. The monoisotopic (exact) mass is 417 g/mol. The highest BCUT2D eigenvalue weighted by Gasteiger charge is 2.25. The van der Waals surface area contributed by atoms with E-state index in [1.807, 2.05) is 40.0 Å². The molecular weight excluding hydrogens is 394 g/mol. The molecule has 1 amide bonds. The van der Waals surface area contributed by atoms with Gasteiger partial charge in [-0.2, -0.15) is 5.10 Å². The van der Waals surface area contributed by atoms with E-state index in [0.717, 1.165) is 20.9 Å². The van der Waals surface area contributed by atoms with Crippen LogP contribution < -0.4 is 0 Å². The van der Waals surface area contributed by atoms with Crippen molar-refractivity contribution in [1.29, 1.82) is 0 Å². The van der Waals surface area contributed by atoms with E-state index in [-0.39, 0.29) is 17.4 Å². The molecule has 0 saturated heterocycles. The maximum Gasteiger partial charge on any atom is 0.228 e. The summed E-state index contributed by atoms with van der Waals surface area (Å²) < 4.78 is 1.68. The highest BCUT2D eigenvalue weighted by Crippen LogP contribution is 2.27. The molecule has 0 spiro atoms. The minimum Gasteiger partial charge on any atom is -0.340 e. The van der Waals surface area contributed by atoms with Crippen LogP contribution in [0.15, 0.2) is 29.7 Å². The van der Waals surface area contributed by atoms with Crippen molar-refractivity contribution in [3.63, 3.8) is 0 Å². The van der Waals surface area contributed by atoms with Crippen LogP contribution in [0.5, 0.6) is 0 Å². The lowest BCUT2D eigenvalue weighted by Crippen LogP contribution is -2.35. The van der Waals surface area contributed by atoms with Crippen LogP contribution in [0.2, 0.25) is 0 Å². The normalized spacial score (nSPS) is 11.8. The lowest BCUT2D eigenvalue weighted by Gasteiger charge is -2.25. The number of fused-ring (bicyclic) bond motifs is 1. The van der Waals surface area contributed by atoms with Gasteiger partial charge < -0.3 is 4.90 Å². The maximum absolute atomic E-state index is 12.6. The van der Waals surface area contributed by atoms with Crippen molar-refractivity contribution in [3.8, 4) is 0 Å². The first-order valence-electron chi connectivity index (χ1n) is 8.80. The Labute approximate surface area is 172 Å². The fraction of sp³-hybridized carbons (Fsp3) is 0.421. The standard InChI is InChI=1S/C19H23N5O2S2/c1-19(2,3)18(26)23(4)9-12-6-7-15(28-12)14(25)10-27-17-13-8-22-24(5)16(13)20-11-21-17/h6-8,11H,9-10H2,1-5H3. The van der Waals surface area contributed by atoms with E-state index in [0.29, 0.717) is 11.4 Å². The number of hydrogen-bond acceptors (Lipinski definition) is 7. The zero-order chi connectivity index (χ0) is 20.5. The van der Waals surface area contributed by atoms with Gasteiger partial charge in [0.15, 0.2) is 11.4 Å². The summed E-state index contributed by atoms with van der Waals surface area (Å²) in [6, 6.07) is 3.75. The molecular formula is C19H23N5O2S2. The molecule has 0 aliphatic rings. The number of thiophene rings is 1. The second kappa shape index (κ2) is 8.00. The van der Waals surface area contributed by atoms with E-state index < -0.39 is 5.41 Å². The van der Waals surface area contributed by atoms with Crippen LogP contribution in [0, 0.1) is 5.41 Å². The summed E-state index contributed by atoms with van der Waals surface area (Å²) in [5, 5.41) is 5.78. The third-order valence-electron chi connectivity index (χ3n) is 4.15. The SMILES string of the molecule is CN(Cc1ccc(C(=O)CSc2ncnc3c2cnn3C)s1)C(=O)C(C)(C)C. The Morgan fingerprint density at radius 1 is 1.25 bits per heavy atom. The highest BCUT2D eigenvalue weighted by molar-refractivity contribution is 8.00. The number of aryl methyl sites for hydroxylation is 1. The van der Waals surface area contributed by atoms with Gasteiger partial charge in [-0.05, 0) is 12.1 Å². The van der Waals surface area contributed by atoms with Crippen LogP contribution in [0.25, 0.3) is 11.0 Å². The van der Waals surface area contributed by atoms with E-state index in [4.69, 9.17) is 0 Å². The lowest BCUT2D eigenvalue weighted by molar-refractivity contribution is -0.138. The molecule has 0 aliphatic carbocycles. The van der Waals surface area contributed by atoms with Crippen LogP contribution in [-0.2, 0) is 18.4 Å². The van der Waals surface area contributed by atoms with Crippen molar-refractivity contribution in [2.45, 2.75) is 32.3 Å². The fourth-order valence-electron chi connectivity index (χ4n) is 2.75. The first kappa shape index (κ1) is 20.5. The molecule has 0 unspecified atom stereocenters. The van der Waals surface area contributed by atoms with Crippen molar-refractivity contribution in [1.82, 2.24) is 24.6 Å². The molecule has 0 atom stereocenters. The summed E-state index contributed by atoms with van der Waals surface area (Å²) in [5.74, 6) is 0.410. The first-order valence-corrected chi connectivity index (χ1v) is 10.6. The van der Waals surface area contributed by atoms with Gasteiger partial charge in [-0.15, -0.1) is 11.3 Å². The Morgan fingerprint density at radius 2 is 2.00 bits per heavy atom. The van der Waals surface area contributed by atoms with Crippen LogP contribution in [-0.4, -0.2) is 49.1 Å². The summed E-state index contributed by atoms with van der Waals surface area (Å²) in [4.78, 5) is 36.8. The van der Waals surface area contributed by atoms with Gasteiger partial charge in [0, 0.05) is 24.4 Å². The van der Waals surface area contributed by atoms with Crippen LogP contribution in [0.1, 0.15) is 35.3 Å². The van der Waals surface area contributed by atoms with Crippen molar-refractivity contribution in [2.75, 3.05) is 12.8 Å². The van der Waals surface area contributed by atoms with Gasteiger partial charge in [0.05, 0.1) is 28.8 Å². The van der Waals surface area contributed by atoms with Crippen molar-refractivity contribution >= 4 is 45.8 Å². The zero-order valence-electron chi connectivity index (χ0n) is 16.6. The molecule has 0 aliphatic heterocycles. The zero-order valence-corrected chi connectivity index (χ0v) is 18.2. The number of thioether (sulfide) groups is 1. The van der Waals surface area contributed by atoms with Crippen LogP contribution >= 0.6 is 23.1 Å². The Balaban J connectivity index is 1.63. The Bertz CT molecular complexity index is 1020. The van der Waals surface area contributed by atoms with Gasteiger partial charge in [-0.25, -0.2) is 9.97 Å². The molecule has 0 radical (unpaired) electrons. The number of carbonyl (C=O) groups excluding carboxylic acids is 2. The van der Waals surface area contributed by atoms with Gasteiger partial charge in [0.2, 0.25) is 5.91 Å². The van der Waals surface area contributed by atoms with E-state index in [2.05, 4.69) is 15.1 Å². The lowest BCUT2D eigenvalue weighted by atomic mass is 9.95. The van der Waals surface area contributed by atoms with Gasteiger partial charge in [0.25, 0.3) is 0 Å². The number of nitrogens with zero attached hydrogens (tertiary/aromatic N) is 5. The third kappa shape index (κ3) is 4.41. The molecule has 9 heteroatoms. The van der Waals surface area contributed by atoms with E-state index in [1.54, 1.807) is 22.8 Å². The van der Waals surface area contributed by atoms with Crippen LogP contribution in [0.4, 0.5) is 0 Å². The van der Waals surface area contributed by atoms with Crippen LogP contribution in [0.3, 0.4) is 0 Å². The predicted octanol–water partition coefficient (Wildman–Crippen LogP) is 3.40. The maximum atomic E-state index is 12.6. The smallest absolute Gasteiger partial charge is 0.228 e. The molecule has 3 aromatic heterocycles. The molecule has 28 heavy (non-hydrogen) atoms. The third-order valence-corrected chi connectivity index (χ3v) is 6.27. The molecule has 0 saturated carbocycles. The average Bonchev–Trinajstić information content (AvgIpc) is 3.25. The summed E-state index contributed by atoms with van der Waals surface area (Å²) in [6.07, 6.45) is 3.20. The largest absolute Gasteiger partial charge is 0.340 e. The molecule has 0 aromatic carbocycles. The molecule has 3 heterocycles. The molecule has 7 nitrogen and oxygen atoms in total. The fourth-order valence-corrected chi connectivity index (χ4v) is 4.69. The van der Waals surface area contributed by atoms with E-state index >= 15 is 0 Å². The topological polar surface area (TPSA) is 81.0 Å². The van der Waals surface area contributed by atoms with Gasteiger partial charge in [-0.1, -0.05) is 32.5 Å². The van der Waals surface area contributed by atoms with Gasteiger partial charge in [0.1, 0.15) is 11.4 Å². The predicted molar refractivity (Wildman–Crippen MR) is 112 cm³/mol. The quantitative estimate of drug-likeness (QED) is 0.347. The molecule has 0 bridgehead atoms. The average molecular weight is 418 g/mol. The second-order valence-corrected chi connectivity index (χ2v) is 9.71. The number of rotatable bonds is 6. The van der Waals surface area contributed by atoms with Gasteiger partial charge in [-0.3, -0.25) is 14.3 Å². The van der Waals surface area contributed by atoms with Crippen molar-refractivity contribution in [2.24, 2.45) is 12.5 Å². The van der Waals surface area contributed by atoms with E-state index in [1.165, 1.54) is 29.4 Å². The minimum absolute atomic E-state index is 0.0432. The summed E-state index contributed by atoms with van der Waals surface area (Å²) in [5.41, 5.74) is 0.325. The molecule has 0 fully saturated rings. The first-order chi connectivity index (χ1) is 13.2. The van der Waals surface area contributed by atoms with Crippen molar-refractivity contribution in [3.05, 3.63) is 34.4 Å². The number of aromatic nitrogens is 4. The van der Waals surface area contributed by atoms with E-state index in [9.17, 15) is 9.59 Å². The Morgan fingerprint density at radius 3 is 2.71 bits per heavy atom. The summed E-state index contributed by atoms with van der Waals surface area (Å²) >= 11 is 2.82. The summed E-state index contributed by atoms with van der Waals surface area (Å²) in [6.45, 7) is 6.21. The molecule has 0 N–H and O–H groups in total. The minimum atomic E-state index is -0.420. The summed E-state index contributed by atoms with van der Waals surface area (Å²) in [7, 11) is 3.61.